The first-order valence-corrected chi connectivity index (χ1v) is 6.01. The smallest absolute Gasteiger partial charge is 0.218 e. The molecule has 0 bridgehead atoms. The van der Waals surface area contributed by atoms with Crippen LogP contribution in [-0.2, 0) is 0 Å². The van der Waals surface area contributed by atoms with E-state index in [0.29, 0.717) is 10.5 Å². The molecule has 15 heavy (non-hydrogen) atoms. The minimum absolute atomic E-state index is 0.317. The molecule has 0 atom stereocenters. The second-order valence-corrected chi connectivity index (χ2v) is 5.38. The Morgan fingerprint density at radius 1 is 1.20 bits per heavy atom. The summed E-state index contributed by atoms with van der Waals surface area (Å²) < 4.78 is 0. The molecule has 0 fully saturated rings. The lowest BCUT2D eigenvalue weighted by molar-refractivity contribution is 1.06. The molecule has 0 saturated heterocycles. The van der Waals surface area contributed by atoms with Gasteiger partial charge >= 0.3 is 0 Å². The third kappa shape index (κ3) is 2.41. The van der Waals surface area contributed by atoms with E-state index in [1.165, 1.54) is 0 Å². The Kier molecular flexibility index (Phi) is 3.12. The van der Waals surface area contributed by atoms with Gasteiger partial charge in [0.2, 0.25) is 5.28 Å². The molecule has 78 valence electrons. The average Bonchev–Trinajstić information content (AvgIpc) is 2.16. The summed E-state index contributed by atoms with van der Waals surface area (Å²) in [5, 5.41) is 2.83. The molecule has 2 rings (SSSR count). The Morgan fingerprint density at radius 3 is 2.67 bits per heavy atom. The Labute approximate surface area is 98.1 Å². The van der Waals surface area contributed by atoms with E-state index in [9.17, 15) is 0 Å². The van der Waals surface area contributed by atoms with Gasteiger partial charge < -0.3 is 0 Å². The van der Waals surface area contributed by atoms with E-state index in [4.69, 9.17) is 11.6 Å². The summed E-state index contributed by atoms with van der Waals surface area (Å²) >= 11 is 7.58. The molecule has 0 unspecified atom stereocenters. The predicted molar refractivity (Wildman–Crippen MR) is 65.5 cm³/mol. The summed E-state index contributed by atoms with van der Waals surface area (Å²) in [5.41, 5.74) is 0.903. The van der Waals surface area contributed by atoms with Crippen molar-refractivity contribution in [2.75, 3.05) is 0 Å². The molecule has 1 heterocycles. The van der Waals surface area contributed by atoms with Gasteiger partial charge in [-0.3, -0.25) is 0 Å². The Bertz CT molecular complexity index is 485. The number of halogens is 1. The van der Waals surface area contributed by atoms with E-state index in [1.54, 1.807) is 11.8 Å². The first-order chi connectivity index (χ1) is 7.16. The Morgan fingerprint density at radius 2 is 1.93 bits per heavy atom. The highest BCUT2D eigenvalue weighted by molar-refractivity contribution is 8.00. The monoisotopic (exact) mass is 238 g/mol. The minimum Gasteiger partial charge on any atom is -0.218 e. The molecule has 0 saturated carbocycles. The summed E-state index contributed by atoms with van der Waals surface area (Å²) in [4.78, 5) is 8.44. The molecule has 0 radical (unpaired) electrons. The molecule has 0 aliphatic carbocycles. The molecule has 1 aromatic carbocycles. The van der Waals surface area contributed by atoms with Gasteiger partial charge in [0.05, 0.1) is 5.52 Å². The summed E-state index contributed by atoms with van der Waals surface area (Å²) in [7, 11) is 0. The van der Waals surface area contributed by atoms with Crippen LogP contribution in [0, 0.1) is 0 Å². The number of hydrogen-bond donors (Lipinski definition) is 0. The van der Waals surface area contributed by atoms with Gasteiger partial charge in [-0.05, 0) is 17.7 Å². The number of para-hydroxylation sites is 1. The van der Waals surface area contributed by atoms with E-state index in [-0.39, 0.29) is 0 Å². The lowest BCUT2D eigenvalue weighted by Gasteiger charge is -2.07. The van der Waals surface area contributed by atoms with Crippen LogP contribution in [0.15, 0.2) is 29.3 Å². The van der Waals surface area contributed by atoms with Crippen molar-refractivity contribution in [1.82, 2.24) is 9.97 Å². The number of fused-ring (bicyclic) bond motifs is 1. The zero-order valence-electron chi connectivity index (χ0n) is 8.57. The number of benzene rings is 1. The molecule has 0 amide bonds. The quantitative estimate of drug-likeness (QED) is 0.452. The molecule has 0 aliphatic heterocycles. The normalized spacial score (nSPS) is 11.2. The van der Waals surface area contributed by atoms with Crippen LogP contribution in [0.3, 0.4) is 0 Å². The molecular formula is C11H11ClN2S. The zero-order valence-corrected chi connectivity index (χ0v) is 10.1. The molecule has 2 aromatic rings. The van der Waals surface area contributed by atoms with Crippen molar-refractivity contribution in [3.05, 3.63) is 29.5 Å². The highest BCUT2D eigenvalue weighted by Gasteiger charge is 2.08. The summed E-state index contributed by atoms with van der Waals surface area (Å²) in [5.74, 6) is 0. The number of aromatic nitrogens is 2. The SMILES string of the molecule is CC(C)Sc1nc(Cl)nc2ccccc12. The van der Waals surface area contributed by atoms with E-state index in [2.05, 4.69) is 23.8 Å². The molecule has 0 N–H and O–H groups in total. The van der Waals surface area contributed by atoms with Gasteiger partial charge in [-0.15, -0.1) is 11.8 Å². The predicted octanol–water partition coefficient (Wildman–Crippen LogP) is 3.78. The zero-order chi connectivity index (χ0) is 10.8. The second kappa shape index (κ2) is 4.37. The summed E-state index contributed by atoms with van der Waals surface area (Å²) in [6.07, 6.45) is 0. The maximum atomic E-state index is 5.87. The molecule has 0 aliphatic rings. The van der Waals surface area contributed by atoms with Crippen LogP contribution in [0.1, 0.15) is 13.8 Å². The van der Waals surface area contributed by atoms with Gasteiger partial charge in [0.15, 0.2) is 0 Å². The molecular weight excluding hydrogens is 228 g/mol. The fourth-order valence-electron chi connectivity index (χ4n) is 1.33. The van der Waals surface area contributed by atoms with E-state index < -0.39 is 0 Å². The summed E-state index contributed by atoms with van der Waals surface area (Å²) in [6.45, 7) is 4.27. The van der Waals surface area contributed by atoms with Crippen LogP contribution < -0.4 is 0 Å². The number of rotatable bonds is 2. The van der Waals surface area contributed by atoms with Crippen molar-refractivity contribution in [3.8, 4) is 0 Å². The fraction of sp³-hybridized carbons (Fsp3) is 0.273. The standard InChI is InChI=1S/C11H11ClN2S/c1-7(2)15-10-8-5-3-4-6-9(8)13-11(12)14-10/h3-7H,1-2H3. The van der Waals surface area contributed by atoms with Crippen molar-refractivity contribution in [1.29, 1.82) is 0 Å². The van der Waals surface area contributed by atoms with Gasteiger partial charge in [0.1, 0.15) is 5.03 Å². The number of nitrogens with zero attached hydrogens (tertiary/aromatic N) is 2. The van der Waals surface area contributed by atoms with Crippen molar-refractivity contribution in [2.24, 2.45) is 0 Å². The van der Waals surface area contributed by atoms with Crippen molar-refractivity contribution in [3.63, 3.8) is 0 Å². The maximum absolute atomic E-state index is 5.87. The van der Waals surface area contributed by atoms with Crippen LogP contribution in [0.25, 0.3) is 10.9 Å². The van der Waals surface area contributed by atoms with Crippen LogP contribution in [0.5, 0.6) is 0 Å². The van der Waals surface area contributed by atoms with E-state index >= 15 is 0 Å². The lowest BCUT2D eigenvalue weighted by Crippen LogP contribution is -1.93. The molecule has 0 spiro atoms. The van der Waals surface area contributed by atoms with Crippen LogP contribution in [0.2, 0.25) is 5.28 Å². The van der Waals surface area contributed by atoms with Gasteiger partial charge in [-0.1, -0.05) is 32.0 Å². The van der Waals surface area contributed by atoms with Crippen molar-refractivity contribution < 1.29 is 0 Å². The molecule has 4 heteroatoms. The largest absolute Gasteiger partial charge is 0.224 e. The van der Waals surface area contributed by atoms with Crippen LogP contribution >= 0.6 is 23.4 Å². The third-order valence-corrected chi connectivity index (χ3v) is 3.06. The second-order valence-electron chi connectivity index (χ2n) is 3.48. The average molecular weight is 239 g/mol. The van der Waals surface area contributed by atoms with Crippen molar-refractivity contribution in [2.45, 2.75) is 24.1 Å². The lowest BCUT2D eigenvalue weighted by atomic mass is 10.2. The summed E-state index contributed by atoms with van der Waals surface area (Å²) in [6, 6.07) is 7.92. The van der Waals surface area contributed by atoms with Crippen molar-refractivity contribution >= 4 is 34.3 Å². The Hall–Kier alpha value is -0.800. The van der Waals surface area contributed by atoms with Gasteiger partial charge in [0.25, 0.3) is 0 Å². The van der Waals surface area contributed by atoms with Crippen LogP contribution in [-0.4, -0.2) is 15.2 Å². The first kappa shape index (κ1) is 10.7. The molecule has 1 aromatic heterocycles. The highest BCUT2D eigenvalue weighted by Crippen LogP contribution is 2.28. The Balaban J connectivity index is 2.60. The number of thioether (sulfide) groups is 1. The topological polar surface area (TPSA) is 25.8 Å². The van der Waals surface area contributed by atoms with Gasteiger partial charge in [-0.2, -0.15) is 0 Å². The van der Waals surface area contributed by atoms with Crippen LogP contribution in [0.4, 0.5) is 0 Å². The number of hydrogen-bond acceptors (Lipinski definition) is 3. The first-order valence-electron chi connectivity index (χ1n) is 4.76. The van der Waals surface area contributed by atoms with Gasteiger partial charge in [-0.25, -0.2) is 9.97 Å². The van der Waals surface area contributed by atoms with Gasteiger partial charge in [0, 0.05) is 10.6 Å². The van der Waals surface area contributed by atoms with E-state index in [1.807, 2.05) is 24.3 Å². The minimum atomic E-state index is 0.317. The van der Waals surface area contributed by atoms with E-state index in [0.717, 1.165) is 15.9 Å². The fourth-order valence-corrected chi connectivity index (χ4v) is 2.44. The highest BCUT2D eigenvalue weighted by atomic mass is 35.5. The maximum Gasteiger partial charge on any atom is 0.224 e. The molecule has 2 nitrogen and oxygen atoms in total. The third-order valence-electron chi connectivity index (χ3n) is 1.89.